The molecule has 1 heterocycles. The molecule has 2 N–H and O–H groups in total. The van der Waals surface area contributed by atoms with Crippen molar-refractivity contribution in [3.05, 3.63) is 23.8 Å². The summed E-state index contributed by atoms with van der Waals surface area (Å²) in [5.74, 6) is -1.25. The highest BCUT2D eigenvalue weighted by Crippen LogP contribution is 2.26. The van der Waals surface area contributed by atoms with Gasteiger partial charge in [-0.3, -0.25) is 0 Å². The largest absolute Gasteiger partial charge is 0.451 e. The van der Waals surface area contributed by atoms with E-state index < -0.39 is 18.1 Å². The molecule has 0 aliphatic rings. The number of hydrogen-bond acceptors (Lipinski definition) is 4. The normalized spacial score (nSPS) is 13.9. The number of alkyl halides is 3. The van der Waals surface area contributed by atoms with Crippen molar-refractivity contribution in [2.24, 2.45) is 0 Å². The molecule has 0 aliphatic carbocycles. The summed E-state index contributed by atoms with van der Waals surface area (Å²) >= 11 is 0. The van der Waals surface area contributed by atoms with Crippen LogP contribution in [-0.4, -0.2) is 26.8 Å². The van der Waals surface area contributed by atoms with E-state index in [2.05, 4.69) is 9.97 Å². The van der Waals surface area contributed by atoms with Gasteiger partial charge in [0.15, 0.2) is 0 Å². The van der Waals surface area contributed by atoms with Gasteiger partial charge < -0.3 is 10.2 Å². The number of aromatic nitrogens is 2. The summed E-state index contributed by atoms with van der Waals surface area (Å²) in [4.78, 5) is 6.15. The number of hydrogen-bond donors (Lipinski definition) is 2. The van der Waals surface area contributed by atoms with Crippen LogP contribution in [0.4, 0.5) is 13.2 Å². The van der Waals surface area contributed by atoms with E-state index in [1.54, 1.807) is 0 Å². The minimum atomic E-state index is -4.58. The predicted octanol–water partition coefficient (Wildman–Crippen LogP) is 0.911. The Morgan fingerprint density at radius 1 is 1.27 bits per heavy atom. The lowest BCUT2D eigenvalue weighted by Gasteiger charge is -2.09. The van der Waals surface area contributed by atoms with Crippen molar-refractivity contribution in [2.75, 3.05) is 6.61 Å². The molecular formula is C8H9F3N2O2. The monoisotopic (exact) mass is 222 g/mol. The molecular weight excluding hydrogens is 213 g/mol. The van der Waals surface area contributed by atoms with Crippen molar-refractivity contribution in [3.63, 3.8) is 0 Å². The number of aliphatic hydroxyl groups is 2. The third kappa shape index (κ3) is 3.14. The highest BCUT2D eigenvalue weighted by Gasteiger charge is 2.34. The van der Waals surface area contributed by atoms with E-state index in [-0.39, 0.29) is 18.6 Å². The minimum absolute atomic E-state index is 0.0364. The Morgan fingerprint density at radius 3 is 2.20 bits per heavy atom. The van der Waals surface area contributed by atoms with E-state index in [4.69, 9.17) is 5.11 Å². The van der Waals surface area contributed by atoms with Gasteiger partial charge >= 0.3 is 6.18 Å². The molecule has 1 aromatic rings. The average Bonchev–Trinajstić information content (AvgIpc) is 2.17. The molecule has 1 rings (SSSR count). The summed E-state index contributed by atoms with van der Waals surface area (Å²) in [7, 11) is 0. The first-order chi connectivity index (χ1) is 6.95. The molecule has 1 aromatic heterocycles. The summed E-state index contributed by atoms with van der Waals surface area (Å²) in [6, 6.07) is 0. The van der Waals surface area contributed by atoms with Crippen molar-refractivity contribution in [3.8, 4) is 0 Å². The molecule has 7 heteroatoms. The van der Waals surface area contributed by atoms with Crippen LogP contribution in [0.15, 0.2) is 12.4 Å². The van der Waals surface area contributed by atoms with E-state index in [1.807, 2.05) is 0 Å². The van der Waals surface area contributed by atoms with Crippen LogP contribution in [0.2, 0.25) is 0 Å². The number of halogens is 3. The van der Waals surface area contributed by atoms with Gasteiger partial charge in [-0.05, 0) is 0 Å². The van der Waals surface area contributed by atoms with Gasteiger partial charge in [0.25, 0.3) is 0 Å². The summed E-state index contributed by atoms with van der Waals surface area (Å²) in [5, 5.41) is 17.8. The first kappa shape index (κ1) is 11.9. The standard InChI is InChI=1S/C8H9F3N2O2/c9-8(10,11)7-12-3-5(4-13-7)6(15)1-2-14/h3-4,6,14-15H,1-2H2. The van der Waals surface area contributed by atoms with Crippen LogP contribution >= 0.6 is 0 Å². The molecule has 0 amide bonds. The lowest BCUT2D eigenvalue weighted by molar-refractivity contribution is -0.145. The van der Waals surface area contributed by atoms with Gasteiger partial charge in [-0.15, -0.1) is 0 Å². The van der Waals surface area contributed by atoms with Gasteiger partial charge in [0.2, 0.25) is 5.82 Å². The molecule has 0 aromatic carbocycles. The second-order valence-electron chi connectivity index (χ2n) is 2.87. The summed E-state index contributed by atoms with van der Waals surface area (Å²) in [6.45, 7) is -0.262. The molecule has 0 radical (unpaired) electrons. The maximum Gasteiger partial charge on any atom is 0.451 e. The maximum atomic E-state index is 12.0. The molecule has 0 fully saturated rings. The molecule has 0 saturated carbocycles. The SMILES string of the molecule is OCCC(O)c1cnc(C(F)(F)F)nc1. The number of rotatable bonds is 3. The van der Waals surface area contributed by atoms with Crippen molar-refractivity contribution in [2.45, 2.75) is 18.7 Å². The molecule has 1 unspecified atom stereocenters. The highest BCUT2D eigenvalue weighted by molar-refractivity contribution is 5.09. The fraction of sp³-hybridized carbons (Fsp3) is 0.500. The fourth-order valence-corrected chi connectivity index (χ4v) is 0.945. The molecule has 0 saturated heterocycles. The Hall–Kier alpha value is -1.21. The number of aliphatic hydroxyl groups excluding tert-OH is 2. The highest BCUT2D eigenvalue weighted by atomic mass is 19.4. The average molecular weight is 222 g/mol. The zero-order chi connectivity index (χ0) is 11.5. The van der Waals surface area contributed by atoms with Crippen molar-refractivity contribution in [1.29, 1.82) is 0 Å². The Morgan fingerprint density at radius 2 is 1.80 bits per heavy atom. The van der Waals surface area contributed by atoms with Crippen LogP contribution in [0.1, 0.15) is 23.9 Å². The van der Waals surface area contributed by atoms with Crippen molar-refractivity contribution < 1.29 is 23.4 Å². The Kier molecular flexibility index (Phi) is 3.59. The lowest BCUT2D eigenvalue weighted by Crippen LogP contribution is -2.12. The van der Waals surface area contributed by atoms with Crippen LogP contribution < -0.4 is 0 Å². The van der Waals surface area contributed by atoms with E-state index in [9.17, 15) is 18.3 Å². The Labute approximate surface area is 83.4 Å². The van der Waals surface area contributed by atoms with E-state index >= 15 is 0 Å². The fourth-order valence-electron chi connectivity index (χ4n) is 0.945. The maximum absolute atomic E-state index is 12.0. The van der Waals surface area contributed by atoms with Gasteiger partial charge in [-0.2, -0.15) is 13.2 Å². The van der Waals surface area contributed by atoms with Crippen molar-refractivity contribution >= 4 is 0 Å². The van der Waals surface area contributed by atoms with Crippen LogP contribution in [0.25, 0.3) is 0 Å². The lowest BCUT2D eigenvalue weighted by atomic mass is 10.1. The topological polar surface area (TPSA) is 66.2 Å². The molecule has 84 valence electrons. The second kappa shape index (κ2) is 4.54. The van der Waals surface area contributed by atoms with E-state index in [1.165, 1.54) is 0 Å². The molecule has 1 atom stereocenters. The summed E-state index contributed by atoms with van der Waals surface area (Å²) in [5.41, 5.74) is 0.150. The first-order valence-corrected chi connectivity index (χ1v) is 4.13. The van der Waals surface area contributed by atoms with E-state index in [0.717, 1.165) is 12.4 Å². The quantitative estimate of drug-likeness (QED) is 0.797. The Bertz CT molecular complexity index is 313. The smallest absolute Gasteiger partial charge is 0.396 e. The third-order valence-corrected chi connectivity index (χ3v) is 1.71. The van der Waals surface area contributed by atoms with Gasteiger partial charge in [0.1, 0.15) is 0 Å². The molecule has 0 aliphatic heterocycles. The Balaban J connectivity index is 2.81. The molecule has 0 spiro atoms. The van der Waals surface area contributed by atoms with Crippen molar-refractivity contribution in [1.82, 2.24) is 9.97 Å². The van der Waals surface area contributed by atoms with Crippen LogP contribution in [0.3, 0.4) is 0 Å². The van der Waals surface area contributed by atoms with Gasteiger partial charge in [0, 0.05) is 31.0 Å². The molecule has 15 heavy (non-hydrogen) atoms. The van der Waals surface area contributed by atoms with E-state index in [0.29, 0.717) is 0 Å². The molecule has 4 nitrogen and oxygen atoms in total. The van der Waals surface area contributed by atoms with Crippen LogP contribution in [-0.2, 0) is 6.18 Å². The van der Waals surface area contributed by atoms with Gasteiger partial charge in [-0.25, -0.2) is 9.97 Å². The second-order valence-corrected chi connectivity index (χ2v) is 2.87. The zero-order valence-corrected chi connectivity index (χ0v) is 7.57. The summed E-state index contributed by atoms with van der Waals surface area (Å²) < 4.78 is 36.1. The number of nitrogens with zero attached hydrogens (tertiary/aromatic N) is 2. The first-order valence-electron chi connectivity index (χ1n) is 4.13. The van der Waals surface area contributed by atoms with Gasteiger partial charge in [0.05, 0.1) is 6.10 Å². The van der Waals surface area contributed by atoms with Crippen LogP contribution in [0, 0.1) is 0 Å². The third-order valence-electron chi connectivity index (χ3n) is 1.71. The van der Waals surface area contributed by atoms with Crippen LogP contribution in [0.5, 0.6) is 0 Å². The van der Waals surface area contributed by atoms with Gasteiger partial charge in [-0.1, -0.05) is 0 Å². The zero-order valence-electron chi connectivity index (χ0n) is 7.57. The summed E-state index contributed by atoms with van der Waals surface area (Å²) in [6.07, 6.45) is -3.79. The predicted molar refractivity (Wildman–Crippen MR) is 43.7 cm³/mol. The molecule has 0 bridgehead atoms. The minimum Gasteiger partial charge on any atom is -0.396 e.